The fraction of sp³-hybridized carbons (Fsp3) is 0.611. The molecule has 1 unspecified atom stereocenters. The third-order valence-electron chi connectivity index (χ3n) is 4.34. The summed E-state index contributed by atoms with van der Waals surface area (Å²) in [6.45, 7) is 5.25. The molecule has 0 spiro atoms. The van der Waals surface area contributed by atoms with Crippen LogP contribution in [0.4, 0.5) is 0 Å². The van der Waals surface area contributed by atoms with E-state index in [2.05, 4.69) is 10.0 Å². The van der Waals surface area contributed by atoms with Crippen molar-refractivity contribution in [3.63, 3.8) is 0 Å². The van der Waals surface area contributed by atoms with E-state index < -0.39 is 16.1 Å². The molecule has 146 valence electrons. The lowest BCUT2D eigenvalue weighted by Crippen LogP contribution is -2.46. The number of hydrogen-bond acceptors (Lipinski definition) is 5. The topological polar surface area (TPSA) is 111 Å². The van der Waals surface area contributed by atoms with Crippen molar-refractivity contribution < 1.29 is 17.9 Å². The molecule has 0 bridgehead atoms. The van der Waals surface area contributed by atoms with Gasteiger partial charge in [-0.3, -0.25) is 4.79 Å². The highest BCUT2D eigenvalue weighted by Gasteiger charge is 2.26. The van der Waals surface area contributed by atoms with Crippen molar-refractivity contribution >= 4 is 15.9 Å². The van der Waals surface area contributed by atoms with Gasteiger partial charge in [0.15, 0.2) is 0 Å². The number of sulfonamides is 1. The number of rotatable bonds is 8. The van der Waals surface area contributed by atoms with E-state index in [1.54, 1.807) is 26.0 Å². The standard InChI is InChI=1S/C18H29N3O4S/c1-13(2)21-26(23,24)12-15-5-3-14(4-6-15)11-20-18(22)17(19)16-7-9-25-10-8-16/h3-6,13,16-17,21H,7-12,19H2,1-2H3,(H,20,22). The molecule has 0 radical (unpaired) electrons. The van der Waals surface area contributed by atoms with E-state index in [1.165, 1.54) is 0 Å². The first-order valence-corrected chi connectivity index (χ1v) is 10.6. The maximum Gasteiger partial charge on any atom is 0.237 e. The summed E-state index contributed by atoms with van der Waals surface area (Å²) in [5.41, 5.74) is 7.65. The second kappa shape index (κ2) is 9.45. The molecule has 1 heterocycles. The summed E-state index contributed by atoms with van der Waals surface area (Å²) < 4.78 is 31.7. The Morgan fingerprint density at radius 2 is 1.77 bits per heavy atom. The van der Waals surface area contributed by atoms with E-state index in [9.17, 15) is 13.2 Å². The smallest absolute Gasteiger partial charge is 0.237 e. The molecule has 1 aliphatic heterocycles. The van der Waals surface area contributed by atoms with E-state index in [-0.39, 0.29) is 23.6 Å². The lowest BCUT2D eigenvalue weighted by Gasteiger charge is -2.26. The van der Waals surface area contributed by atoms with Gasteiger partial charge in [-0.15, -0.1) is 0 Å². The van der Waals surface area contributed by atoms with Crippen molar-refractivity contribution in [3.8, 4) is 0 Å². The van der Waals surface area contributed by atoms with Crippen molar-refractivity contribution in [3.05, 3.63) is 35.4 Å². The summed E-state index contributed by atoms with van der Waals surface area (Å²) >= 11 is 0. The molecule has 1 amide bonds. The highest BCUT2D eigenvalue weighted by molar-refractivity contribution is 7.88. The van der Waals surface area contributed by atoms with Gasteiger partial charge in [-0.25, -0.2) is 13.1 Å². The van der Waals surface area contributed by atoms with Crippen LogP contribution >= 0.6 is 0 Å². The molecule has 1 aromatic carbocycles. The lowest BCUT2D eigenvalue weighted by molar-refractivity contribution is -0.124. The normalized spacial score (nSPS) is 17.2. The monoisotopic (exact) mass is 383 g/mol. The average Bonchev–Trinajstić information content (AvgIpc) is 2.59. The van der Waals surface area contributed by atoms with Crippen molar-refractivity contribution in [1.29, 1.82) is 0 Å². The molecule has 1 aliphatic rings. The molecule has 0 saturated carbocycles. The Morgan fingerprint density at radius 1 is 1.19 bits per heavy atom. The zero-order valence-electron chi connectivity index (χ0n) is 15.4. The third-order valence-corrected chi connectivity index (χ3v) is 5.88. The van der Waals surface area contributed by atoms with Gasteiger partial charge in [-0.05, 0) is 43.7 Å². The van der Waals surface area contributed by atoms with Crippen LogP contribution in [-0.4, -0.2) is 39.6 Å². The minimum atomic E-state index is -3.34. The number of benzene rings is 1. The molecule has 7 nitrogen and oxygen atoms in total. The number of hydrogen-bond donors (Lipinski definition) is 3. The number of carbonyl (C=O) groups excluding carboxylic acids is 1. The Morgan fingerprint density at radius 3 is 2.35 bits per heavy atom. The van der Waals surface area contributed by atoms with Crippen molar-refractivity contribution in [2.24, 2.45) is 11.7 Å². The van der Waals surface area contributed by atoms with Gasteiger partial charge >= 0.3 is 0 Å². The molecule has 1 aromatic rings. The van der Waals surface area contributed by atoms with Gasteiger partial charge in [0, 0.05) is 25.8 Å². The van der Waals surface area contributed by atoms with Gasteiger partial charge in [-0.2, -0.15) is 0 Å². The predicted molar refractivity (Wildman–Crippen MR) is 101 cm³/mol. The Bertz CT molecular complexity index is 683. The lowest BCUT2D eigenvalue weighted by atomic mass is 9.92. The fourth-order valence-corrected chi connectivity index (χ4v) is 4.40. The largest absolute Gasteiger partial charge is 0.381 e. The zero-order chi connectivity index (χ0) is 19.2. The van der Waals surface area contributed by atoms with Crippen LogP contribution < -0.4 is 15.8 Å². The third kappa shape index (κ3) is 6.68. The Hall–Kier alpha value is -1.48. The first-order chi connectivity index (χ1) is 12.3. The molecule has 4 N–H and O–H groups in total. The van der Waals surface area contributed by atoms with Gasteiger partial charge in [0.05, 0.1) is 11.8 Å². The summed E-state index contributed by atoms with van der Waals surface area (Å²) in [7, 11) is -3.34. The van der Waals surface area contributed by atoms with Crippen LogP contribution in [0, 0.1) is 5.92 Å². The van der Waals surface area contributed by atoms with Gasteiger partial charge in [0.1, 0.15) is 0 Å². The van der Waals surface area contributed by atoms with E-state index in [0.29, 0.717) is 25.3 Å². The predicted octanol–water partition coefficient (Wildman–Crippen LogP) is 0.885. The molecule has 2 rings (SSSR count). The van der Waals surface area contributed by atoms with Crippen LogP contribution in [0.1, 0.15) is 37.8 Å². The molecule has 0 aromatic heterocycles. The van der Waals surface area contributed by atoms with E-state index in [0.717, 1.165) is 18.4 Å². The maximum atomic E-state index is 12.2. The molecular weight excluding hydrogens is 354 g/mol. The Labute approximate surface area is 155 Å². The summed E-state index contributed by atoms with van der Waals surface area (Å²) in [6.07, 6.45) is 1.62. The summed E-state index contributed by atoms with van der Waals surface area (Å²) in [4.78, 5) is 12.2. The van der Waals surface area contributed by atoms with Crippen LogP contribution in [0.5, 0.6) is 0 Å². The number of carbonyl (C=O) groups is 1. The highest BCUT2D eigenvalue weighted by atomic mass is 32.2. The molecule has 1 saturated heterocycles. The van der Waals surface area contributed by atoms with Crippen LogP contribution in [0.2, 0.25) is 0 Å². The quantitative estimate of drug-likeness (QED) is 0.617. The van der Waals surface area contributed by atoms with Gasteiger partial charge in [0.2, 0.25) is 15.9 Å². The molecule has 8 heteroatoms. The number of ether oxygens (including phenoxy) is 1. The summed E-state index contributed by atoms with van der Waals surface area (Å²) in [5, 5.41) is 2.85. The highest BCUT2D eigenvalue weighted by Crippen LogP contribution is 2.17. The zero-order valence-corrected chi connectivity index (χ0v) is 16.2. The molecule has 0 aliphatic carbocycles. The first kappa shape index (κ1) is 20.8. The second-order valence-electron chi connectivity index (χ2n) is 7.04. The summed E-state index contributed by atoms with van der Waals surface area (Å²) in [5.74, 6) is -0.0682. The number of amides is 1. The second-order valence-corrected chi connectivity index (χ2v) is 8.80. The first-order valence-electron chi connectivity index (χ1n) is 8.95. The van der Waals surface area contributed by atoms with Crippen LogP contribution in [0.15, 0.2) is 24.3 Å². The SMILES string of the molecule is CC(C)NS(=O)(=O)Cc1ccc(CNC(=O)C(N)C2CCOCC2)cc1. The van der Waals surface area contributed by atoms with E-state index in [4.69, 9.17) is 10.5 Å². The van der Waals surface area contributed by atoms with Crippen molar-refractivity contribution in [2.75, 3.05) is 13.2 Å². The number of nitrogens with one attached hydrogen (secondary N) is 2. The number of nitrogens with two attached hydrogens (primary N) is 1. The molecule has 1 fully saturated rings. The molecule has 26 heavy (non-hydrogen) atoms. The Kier molecular flexibility index (Phi) is 7.57. The van der Waals surface area contributed by atoms with Gasteiger partial charge in [-0.1, -0.05) is 24.3 Å². The average molecular weight is 384 g/mol. The molecular formula is C18H29N3O4S. The van der Waals surface area contributed by atoms with Crippen LogP contribution in [0.25, 0.3) is 0 Å². The van der Waals surface area contributed by atoms with Crippen LogP contribution in [-0.2, 0) is 31.9 Å². The van der Waals surface area contributed by atoms with Crippen LogP contribution in [0.3, 0.4) is 0 Å². The minimum Gasteiger partial charge on any atom is -0.381 e. The fourth-order valence-electron chi connectivity index (χ4n) is 2.97. The molecule has 1 atom stereocenters. The summed E-state index contributed by atoms with van der Waals surface area (Å²) in [6, 6.07) is 6.51. The maximum absolute atomic E-state index is 12.2. The Balaban J connectivity index is 1.84. The van der Waals surface area contributed by atoms with Gasteiger partial charge in [0.25, 0.3) is 0 Å². The van der Waals surface area contributed by atoms with Crippen molar-refractivity contribution in [1.82, 2.24) is 10.0 Å². The van der Waals surface area contributed by atoms with E-state index >= 15 is 0 Å². The van der Waals surface area contributed by atoms with E-state index in [1.807, 2.05) is 12.1 Å². The van der Waals surface area contributed by atoms with Gasteiger partial charge < -0.3 is 15.8 Å². The van der Waals surface area contributed by atoms with Crippen molar-refractivity contribution in [2.45, 2.75) is 51.1 Å². The minimum absolute atomic E-state index is 0.0631.